The Bertz CT molecular complexity index is 921. The molecule has 2 aromatic carbocycles. The van der Waals surface area contributed by atoms with Crippen molar-refractivity contribution in [1.29, 1.82) is 0 Å². The van der Waals surface area contributed by atoms with Crippen LogP contribution in [-0.2, 0) is 27.1 Å². The molecule has 5 nitrogen and oxygen atoms in total. The number of sulfonamides is 1. The van der Waals surface area contributed by atoms with E-state index in [2.05, 4.69) is 5.32 Å². The number of benzene rings is 2. The van der Waals surface area contributed by atoms with Gasteiger partial charge in [-0.15, -0.1) is 0 Å². The highest BCUT2D eigenvalue weighted by atomic mass is 35.5. The Labute approximate surface area is 171 Å². The van der Waals surface area contributed by atoms with E-state index in [9.17, 15) is 13.2 Å². The summed E-state index contributed by atoms with van der Waals surface area (Å²) >= 11 is 5.85. The number of nitrogens with one attached hydrogen (secondary N) is 1. The molecule has 28 heavy (non-hydrogen) atoms. The predicted octanol–water partition coefficient (Wildman–Crippen LogP) is 3.51. The minimum Gasteiger partial charge on any atom is -0.352 e. The first-order valence-corrected chi connectivity index (χ1v) is 11.4. The van der Waals surface area contributed by atoms with Gasteiger partial charge in [0.2, 0.25) is 15.9 Å². The van der Waals surface area contributed by atoms with E-state index in [0.29, 0.717) is 43.1 Å². The van der Waals surface area contributed by atoms with Crippen LogP contribution in [0.2, 0.25) is 5.02 Å². The predicted molar refractivity (Wildman–Crippen MR) is 111 cm³/mol. The van der Waals surface area contributed by atoms with Crippen LogP contribution in [0, 0.1) is 12.8 Å². The SMILES string of the molecule is Cc1ccccc1CNC(=O)C1CCN(S(=O)(=O)Cc2ccc(Cl)cc2)CC1. The number of amides is 1. The summed E-state index contributed by atoms with van der Waals surface area (Å²) in [4.78, 5) is 12.5. The molecule has 1 heterocycles. The summed E-state index contributed by atoms with van der Waals surface area (Å²) in [5, 5.41) is 3.57. The van der Waals surface area contributed by atoms with Crippen LogP contribution in [0.3, 0.4) is 0 Å². The number of aryl methyl sites for hydroxylation is 1. The van der Waals surface area contributed by atoms with Gasteiger partial charge in [-0.1, -0.05) is 48.0 Å². The zero-order chi connectivity index (χ0) is 20.1. The van der Waals surface area contributed by atoms with Crippen molar-refractivity contribution in [3.63, 3.8) is 0 Å². The monoisotopic (exact) mass is 420 g/mol. The van der Waals surface area contributed by atoms with Crippen LogP contribution in [0.15, 0.2) is 48.5 Å². The van der Waals surface area contributed by atoms with Crippen molar-refractivity contribution in [2.45, 2.75) is 32.1 Å². The van der Waals surface area contributed by atoms with Crippen molar-refractivity contribution in [2.24, 2.45) is 5.92 Å². The number of carbonyl (C=O) groups is 1. The van der Waals surface area contributed by atoms with Gasteiger partial charge >= 0.3 is 0 Å². The molecule has 1 aliphatic rings. The molecule has 0 atom stereocenters. The average Bonchev–Trinajstić information content (AvgIpc) is 2.69. The fourth-order valence-electron chi connectivity index (χ4n) is 3.41. The summed E-state index contributed by atoms with van der Waals surface area (Å²) < 4.78 is 26.8. The summed E-state index contributed by atoms with van der Waals surface area (Å²) in [7, 11) is -3.40. The van der Waals surface area contributed by atoms with Gasteiger partial charge in [0.05, 0.1) is 5.75 Å². The quantitative estimate of drug-likeness (QED) is 0.777. The second kappa shape index (κ2) is 9.07. The number of carbonyl (C=O) groups excluding carboxylic acids is 1. The largest absolute Gasteiger partial charge is 0.352 e. The molecule has 0 saturated carbocycles. The van der Waals surface area contributed by atoms with Gasteiger partial charge in [-0.25, -0.2) is 12.7 Å². The fraction of sp³-hybridized carbons (Fsp3) is 0.381. The highest BCUT2D eigenvalue weighted by molar-refractivity contribution is 7.88. The lowest BCUT2D eigenvalue weighted by Crippen LogP contribution is -2.43. The summed E-state index contributed by atoms with van der Waals surface area (Å²) in [6.45, 7) is 3.27. The molecule has 0 spiro atoms. The van der Waals surface area contributed by atoms with Gasteiger partial charge in [0, 0.05) is 30.6 Å². The first-order chi connectivity index (χ1) is 13.3. The van der Waals surface area contributed by atoms with Gasteiger partial charge in [0.25, 0.3) is 0 Å². The van der Waals surface area contributed by atoms with Crippen molar-refractivity contribution in [3.05, 3.63) is 70.2 Å². The normalized spacial score (nSPS) is 16.1. The fourth-order valence-corrected chi connectivity index (χ4v) is 5.10. The lowest BCUT2D eigenvalue weighted by Gasteiger charge is -2.30. The molecule has 0 radical (unpaired) electrons. The van der Waals surface area contributed by atoms with Gasteiger partial charge in [0.15, 0.2) is 0 Å². The molecule has 3 rings (SSSR count). The second-order valence-electron chi connectivity index (χ2n) is 7.20. The molecular formula is C21H25ClN2O3S. The number of hydrogen-bond acceptors (Lipinski definition) is 3. The molecule has 1 N–H and O–H groups in total. The van der Waals surface area contributed by atoms with E-state index in [4.69, 9.17) is 11.6 Å². The van der Waals surface area contributed by atoms with Crippen molar-refractivity contribution in [2.75, 3.05) is 13.1 Å². The average molecular weight is 421 g/mol. The first kappa shape index (κ1) is 20.8. The van der Waals surface area contributed by atoms with Crippen LogP contribution in [0.5, 0.6) is 0 Å². The number of rotatable bonds is 6. The number of hydrogen-bond donors (Lipinski definition) is 1. The molecule has 150 valence electrons. The maximum atomic E-state index is 12.7. The number of nitrogens with zero attached hydrogens (tertiary/aromatic N) is 1. The molecule has 1 aliphatic heterocycles. The smallest absolute Gasteiger partial charge is 0.223 e. The minimum atomic E-state index is -3.40. The third-order valence-corrected chi connectivity index (χ3v) is 7.30. The minimum absolute atomic E-state index is 0.00185. The third kappa shape index (κ3) is 5.34. The first-order valence-electron chi connectivity index (χ1n) is 9.39. The third-order valence-electron chi connectivity index (χ3n) is 5.19. The molecule has 0 bridgehead atoms. The summed E-state index contributed by atoms with van der Waals surface area (Å²) in [5.41, 5.74) is 2.95. The molecule has 0 aromatic heterocycles. The Morgan fingerprint density at radius 2 is 1.75 bits per heavy atom. The van der Waals surface area contributed by atoms with Crippen molar-refractivity contribution < 1.29 is 13.2 Å². The van der Waals surface area contributed by atoms with Gasteiger partial charge in [-0.3, -0.25) is 4.79 Å². The zero-order valence-corrected chi connectivity index (χ0v) is 17.5. The Morgan fingerprint density at radius 3 is 2.39 bits per heavy atom. The standard InChI is InChI=1S/C21H25ClN2O3S/c1-16-4-2-3-5-19(16)14-23-21(25)18-10-12-24(13-11-18)28(26,27)15-17-6-8-20(22)9-7-17/h2-9,18H,10-15H2,1H3,(H,23,25). The molecule has 7 heteroatoms. The van der Waals surface area contributed by atoms with E-state index >= 15 is 0 Å². The highest BCUT2D eigenvalue weighted by Crippen LogP contribution is 2.22. The number of halogens is 1. The molecule has 2 aromatic rings. The summed E-state index contributed by atoms with van der Waals surface area (Å²) in [5.74, 6) is -0.196. The van der Waals surface area contributed by atoms with Crippen molar-refractivity contribution in [3.8, 4) is 0 Å². The van der Waals surface area contributed by atoms with Gasteiger partial charge in [-0.2, -0.15) is 0 Å². The maximum Gasteiger partial charge on any atom is 0.223 e. The van der Waals surface area contributed by atoms with Crippen molar-refractivity contribution in [1.82, 2.24) is 9.62 Å². The van der Waals surface area contributed by atoms with Crippen LogP contribution < -0.4 is 5.32 Å². The summed E-state index contributed by atoms with van der Waals surface area (Å²) in [6, 6.07) is 14.8. The van der Waals surface area contributed by atoms with E-state index in [0.717, 1.165) is 11.1 Å². The van der Waals surface area contributed by atoms with Crippen LogP contribution in [0.1, 0.15) is 29.5 Å². The van der Waals surface area contributed by atoms with Crippen LogP contribution in [-0.4, -0.2) is 31.7 Å². The Hall–Kier alpha value is -1.89. The molecule has 0 aliphatic carbocycles. The second-order valence-corrected chi connectivity index (χ2v) is 9.61. The van der Waals surface area contributed by atoms with Crippen LogP contribution in [0.4, 0.5) is 0 Å². The molecular weight excluding hydrogens is 396 g/mol. The van der Waals surface area contributed by atoms with E-state index in [1.165, 1.54) is 4.31 Å². The van der Waals surface area contributed by atoms with Crippen molar-refractivity contribution >= 4 is 27.5 Å². The van der Waals surface area contributed by atoms with Crippen LogP contribution >= 0.6 is 11.6 Å². The van der Waals surface area contributed by atoms with Crippen LogP contribution in [0.25, 0.3) is 0 Å². The van der Waals surface area contributed by atoms with E-state index in [-0.39, 0.29) is 17.6 Å². The van der Waals surface area contributed by atoms with E-state index in [1.54, 1.807) is 24.3 Å². The molecule has 1 amide bonds. The zero-order valence-electron chi connectivity index (χ0n) is 15.9. The van der Waals surface area contributed by atoms with Gasteiger partial charge in [-0.05, 0) is 48.6 Å². The topological polar surface area (TPSA) is 66.5 Å². The van der Waals surface area contributed by atoms with E-state index < -0.39 is 10.0 Å². The highest BCUT2D eigenvalue weighted by Gasteiger charge is 2.31. The van der Waals surface area contributed by atoms with E-state index in [1.807, 2.05) is 31.2 Å². The maximum absolute atomic E-state index is 12.7. The Kier molecular flexibility index (Phi) is 6.75. The molecule has 1 fully saturated rings. The molecule has 1 saturated heterocycles. The van der Waals surface area contributed by atoms with Gasteiger partial charge in [0.1, 0.15) is 0 Å². The molecule has 0 unspecified atom stereocenters. The Balaban J connectivity index is 1.51. The van der Waals surface area contributed by atoms with Gasteiger partial charge < -0.3 is 5.32 Å². The summed E-state index contributed by atoms with van der Waals surface area (Å²) in [6.07, 6.45) is 1.08. The lowest BCUT2D eigenvalue weighted by atomic mass is 9.97. The Morgan fingerprint density at radius 1 is 1.11 bits per heavy atom. The lowest BCUT2D eigenvalue weighted by molar-refractivity contribution is -0.126. The number of piperidine rings is 1.